The highest BCUT2D eigenvalue weighted by Gasteiger charge is 2.15. The van der Waals surface area contributed by atoms with Crippen LogP contribution in [0.25, 0.3) is 0 Å². The zero-order valence-electron chi connectivity index (χ0n) is 11.0. The number of benzene rings is 1. The molecule has 19 heavy (non-hydrogen) atoms. The van der Waals surface area contributed by atoms with E-state index in [9.17, 15) is 0 Å². The lowest BCUT2D eigenvalue weighted by atomic mass is 10.1. The SMILES string of the molecule is CCCOc1cccc(C(Br)c2cc(C)c(Br)s2)c1. The van der Waals surface area contributed by atoms with Crippen molar-refractivity contribution < 1.29 is 4.74 Å². The Morgan fingerprint density at radius 2 is 2.11 bits per heavy atom. The van der Waals surface area contributed by atoms with E-state index in [1.807, 2.05) is 12.1 Å². The van der Waals surface area contributed by atoms with E-state index in [1.54, 1.807) is 11.3 Å². The Balaban J connectivity index is 2.20. The first-order valence-electron chi connectivity index (χ1n) is 6.24. The Bertz CT molecular complexity index is 531. The van der Waals surface area contributed by atoms with Gasteiger partial charge in [-0.05, 0) is 58.6 Å². The molecule has 0 aliphatic carbocycles. The minimum Gasteiger partial charge on any atom is -0.494 e. The lowest BCUT2D eigenvalue weighted by molar-refractivity contribution is 0.317. The number of rotatable bonds is 5. The molecule has 1 atom stereocenters. The minimum atomic E-state index is 0.215. The summed E-state index contributed by atoms with van der Waals surface area (Å²) in [5.41, 5.74) is 2.50. The maximum atomic E-state index is 5.68. The van der Waals surface area contributed by atoms with Crippen LogP contribution in [0.2, 0.25) is 0 Å². The van der Waals surface area contributed by atoms with Gasteiger partial charge in [-0.2, -0.15) is 0 Å². The number of hydrogen-bond donors (Lipinski definition) is 0. The van der Waals surface area contributed by atoms with E-state index < -0.39 is 0 Å². The summed E-state index contributed by atoms with van der Waals surface area (Å²) in [6.07, 6.45) is 1.03. The first-order valence-corrected chi connectivity index (χ1v) is 8.77. The van der Waals surface area contributed by atoms with E-state index >= 15 is 0 Å². The van der Waals surface area contributed by atoms with Crippen molar-refractivity contribution in [3.63, 3.8) is 0 Å². The third kappa shape index (κ3) is 3.83. The van der Waals surface area contributed by atoms with E-state index in [-0.39, 0.29) is 4.83 Å². The zero-order valence-corrected chi connectivity index (χ0v) is 14.9. The molecule has 0 aliphatic rings. The van der Waals surface area contributed by atoms with Gasteiger partial charge in [-0.25, -0.2) is 0 Å². The standard InChI is InChI=1S/C15H16Br2OS/c1-3-7-18-12-6-4-5-11(9-12)14(16)13-8-10(2)15(17)19-13/h4-6,8-9,14H,3,7H2,1-2H3. The Labute approximate surface area is 135 Å². The van der Waals surface area contributed by atoms with Gasteiger partial charge in [0.25, 0.3) is 0 Å². The second-order valence-electron chi connectivity index (χ2n) is 4.39. The van der Waals surface area contributed by atoms with Crippen molar-refractivity contribution in [3.05, 3.63) is 50.1 Å². The normalized spacial score (nSPS) is 12.4. The highest BCUT2D eigenvalue weighted by Crippen LogP contribution is 2.39. The number of thiophene rings is 1. The number of halogens is 2. The average molecular weight is 404 g/mol. The predicted octanol–water partition coefficient (Wildman–Crippen LogP) is 6.09. The number of ether oxygens (including phenoxy) is 1. The Morgan fingerprint density at radius 1 is 1.32 bits per heavy atom. The monoisotopic (exact) mass is 402 g/mol. The molecule has 0 amide bonds. The fourth-order valence-corrected chi connectivity index (χ4v) is 4.03. The molecule has 0 fully saturated rings. The summed E-state index contributed by atoms with van der Waals surface area (Å²) in [5.74, 6) is 0.941. The van der Waals surface area contributed by atoms with Crippen LogP contribution in [0.4, 0.5) is 0 Å². The Kier molecular flexibility index (Phi) is 5.48. The van der Waals surface area contributed by atoms with Crippen LogP contribution in [0.1, 0.15) is 34.2 Å². The van der Waals surface area contributed by atoms with Crippen molar-refractivity contribution in [2.45, 2.75) is 25.1 Å². The molecule has 1 aromatic carbocycles. The molecular formula is C15H16Br2OS. The summed E-state index contributed by atoms with van der Waals surface area (Å²) in [5, 5.41) is 0. The van der Waals surface area contributed by atoms with Crippen LogP contribution in [-0.4, -0.2) is 6.61 Å². The highest BCUT2D eigenvalue weighted by molar-refractivity contribution is 9.11. The molecule has 1 heterocycles. The van der Waals surface area contributed by atoms with Crippen molar-refractivity contribution in [2.75, 3.05) is 6.61 Å². The number of alkyl halides is 1. The fraction of sp³-hybridized carbons (Fsp3) is 0.333. The summed E-state index contributed by atoms with van der Waals surface area (Å²) < 4.78 is 6.88. The summed E-state index contributed by atoms with van der Waals surface area (Å²) in [6.45, 7) is 4.99. The molecule has 1 unspecified atom stereocenters. The van der Waals surface area contributed by atoms with Gasteiger partial charge in [0.05, 0.1) is 15.2 Å². The van der Waals surface area contributed by atoms with Crippen LogP contribution < -0.4 is 4.74 Å². The quantitative estimate of drug-likeness (QED) is 0.548. The lowest BCUT2D eigenvalue weighted by Gasteiger charge is -2.11. The largest absolute Gasteiger partial charge is 0.494 e. The van der Waals surface area contributed by atoms with E-state index in [0.717, 1.165) is 18.8 Å². The molecule has 0 saturated heterocycles. The van der Waals surface area contributed by atoms with Gasteiger partial charge in [-0.1, -0.05) is 35.0 Å². The van der Waals surface area contributed by atoms with Crippen LogP contribution in [-0.2, 0) is 0 Å². The smallest absolute Gasteiger partial charge is 0.119 e. The van der Waals surface area contributed by atoms with Crippen molar-refractivity contribution in [2.24, 2.45) is 0 Å². The van der Waals surface area contributed by atoms with Crippen LogP contribution in [0.5, 0.6) is 5.75 Å². The molecular weight excluding hydrogens is 388 g/mol. The van der Waals surface area contributed by atoms with Crippen LogP contribution in [0.3, 0.4) is 0 Å². The Morgan fingerprint density at radius 3 is 2.74 bits per heavy atom. The second kappa shape index (κ2) is 6.91. The van der Waals surface area contributed by atoms with Gasteiger partial charge in [-0.15, -0.1) is 11.3 Å². The summed E-state index contributed by atoms with van der Waals surface area (Å²) in [6, 6.07) is 10.5. The van der Waals surface area contributed by atoms with Gasteiger partial charge in [0, 0.05) is 4.88 Å². The first-order chi connectivity index (χ1) is 9.11. The van der Waals surface area contributed by atoms with Gasteiger partial charge >= 0.3 is 0 Å². The molecule has 0 bridgehead atoms. The molecule has 1 nitrogen and oxygen atoms in total. The number of hydrogen-bond acceptors (Lipinski definition) is 2. The predicted molar refractivity (Wildman–Crippen MR) is 89.8 cm³/mol. The minimum absolute atomic E-state index is 0.215. The van der Waals surface area contributed by atoms with E-state index in [2.05, 4.69) is 63.9 Å². The van der Waals surface area contributed by atoms with E-state index in [1.165, 1.54) is 19.8 Å². The van der Waals surface area contributed by atoms with Crippen LogP contribution >= 0.6 is 43.2 Å². The molecule has 0 aliphatic heterocycles. The van der Waals surface area contributed by atoms with Gasteiger partial charge < -0.3 is 4.74 Å². The molecule has 4 heteroatoms. The summed E-state index contributed by atoms with van der Waals surface area (Å²) in [4.78, 5) is 1.52. The molecule has 102 valence electrons. The number of aryl methyl sites for hydroxylation is 1. The van der Waals surface area contributed by atoms with Crippen molar-refractivity contribution >= 4 is 43.2 Å². The molecule has 2 aromatic rings. The maximum Gasteiger partial charge on any atom is 0.119 e. The van der Waals surface area contributed by atoms with Crippen molar-refractivity contribution in [3.8, 4) is 5.75 Å². The summed E-state index contributed by atoms with van der Waals surface area (Å²) >= 11 is 9.13. The van der Waals surface area contributed by atoms with Crippen molar-refractivity contribution in [1.29, 1.82) is 0 Å². The fourth-order valence-electron chi connectivity index (χ4n) is 1.75. The zero-order chi connectivity index (χ0) is 13.8. The van der Waals surface area contributed by atoms with E-state index in [0.29, 0.717) is 0 Å². The maximum absolute atomic E-state index is 5.68. The molecule has 0 N–H and O–H groups in total. The van der Waals surface area contributed by atoms with Gasteiger partial charge in [0.1, 0.15) is 5.75 Å². The Hall–Kier alpha value is -0.320. The molecule has 2 rings (SSSR count). The first kappa shape index (κ1) is 15.1. The topological polar surface area (TPSA) is 9.23 Å². The highest BCUT2D eigenvalue weighted by atomic mass is 79.9. The lowest BCUT2D eigenvalue weighted by Crippen LogP contribution is -1.96. The van der Waals surface area contributed by atoms with Gasteiger partial charge in [0.15, 0.2) is 0 Å². The molecule has 1 aromatic heterocycles. The second-order valence-corrected chi connectivity index (χ2v) is 7.71. The van der Waals surface area contributed by atoms with Gasteiger partial charge in [0.2, 0.25) is 0 Å². The average Bonchev–Trinajstić information content (AvgIpc) is 2.76. The van der Waals surface area contributed by atoms with E-state index in [4.69, 9.17) is 4.74 Å². The summed E-state index contributed by atoms with van der Waals surface area (Å²) in [7, 11) is 0. The molecule has 0 radical (unpaired) electrons. The third-order valence-corrected chi connectivity index (χ3v) is 6.28. The van der Waals surface area contributed by atoms with Crippen LogP contribution in [0.15, 0.2) is 34.1 Å². The third-order valence-electron chi connectivity index (χ3n) is 2.75. The molecule has 0 spiro atoms. The van der Waals surface area contributed by atoms with Crippen molar-refractivity contribution in [1.82, 2.24) is 0 Å². The van der Waals surface area contributed by atoms with Gasteiger partial charge in [-0.3, -0.25) is 0 Å². The molecule has 0 saturated carbocycles. The van der Waals surface area contributed by atoms with Crippen LogP contribution in [0, 0.1) is 6.92 Å².